The summed E-state index contributed by atoms with van der Waals surface area (Å²) in [5, 5.41) is 2.49. The SMILES string of the molecule is COc1ccc(CC2(CN3CC4C[C@@H](C3)c3cccc(=O)n3C4)C(=O)NC(=O)N(c3ccccc3)C2=O)cc1. The van der Waals surface area contributed by atoms with Crippen LogP contribution in [0.2, 0.25) is 0 Å². The lowest BCUT2D eigenvalue weighted by Crippen LogP contribution is -2.68. The Morgan fingerprint density at radius 1 is 0.897 bits per heavy atom. The number of aromatic nitrogens is 1. The van der Waals surface area contributed by atoms with E-state index in [1.807, 2.05) is 22.8 Å². The predicted octanol–water partition coefficient (Wildman–Crippen LogP) is 2.79. The van der Waals surface area contributed by atoms with E-state index in [1.165, 1.54) is 0 Å². The van der Waals surface area contributed by atoms with Crippen LogP contribution in [0.3, 0.4) is 0 Å². The first-order valence-corrected chi connectivity index (χ1v) is 13.2. The van der Waals surface area contributed by atoms with Crippen LogP contribution in [0, 0.1) is 11.3 Å². The smallest absolute Gasteiger partial charge is 0.335 e. The number of likely N-dealkylation sites (tertiary alicyclic amines) is 1. The van der Waals surface area contributed by atoms with Gasteiger partial charge in [0.15, 0.2) is 0 Å². The monoisotopic (exact) mass is 526 g/mol. The Bertz CT molecular complexity index is 1490. The number of carbonyl (C=O) groups excluding carboxylic acids is 3. The molecule has 2 aromatic carbocycles. The Balaban J connectivity index is 1.37. The molecule has 2 bridgehead atoms. The van der Waals surface area contributed by atoms with Crippen LogP contribution in [0.4, 0.5) is 10.5 Å². The highest BCUT2D eigenvalue weighted by Crippen LogP contribution is 2.39. The molecule has 3 aromatic rings. The van der Waals surface area contributed by atoms with E-state index in [9.17, 15) is 19.2 Å². The van der Waals surface area contributed by atoms with Crippen molar-refractivity contribution in [2.45, 2.75) is 25.3 Å². The molecule has 0 radical (unpaired) electrons. The molecule has 2 fully saturated rings. The number of amides is 4. The Hall–Kier alpha value is -4.24. The molecule has 4 amide bonds. The summed E-state index contributed by atoms with van der Waals surface area (Å²) >= 11 is 0. The Kier molecular flexibility index (Phi) is 6.31. The minimum absolute atomic E-state index is 0.00507. The van der Waals surface area contributed by atoms with Gasteiger partial charge in [0.2, 0.25) is 5.91 Å². The molecule has 6 rings (SSSR count). The van der Waals surface area contributed by atoms with Crippen molar-refractivity contribution in [1.82, 2.24) is 14.8 Å². The van der Waals surface area contributed by atoms with E-state index >= 15 is 0 Å². The van der Waals surface area contributed by atoms with Crippen molar-refractivity contribution >= 4 is 23.5 Å². The Labute approximate surface area is 226 Å². The molecule has 9 nitrogen and oxygen atoms in total. The van der Waals surface area contributed by atoms with Gasteiger partial charge in [0.1, 0.15) is 11.2 Å². The molecule has 2 saturated heterocycles. The van der Waals surface area contributed by atoms with E-state index in [0.717, 1.165) is 22.6 Å². The van der Waals surface area contributed by atoms with Crippen LogP contribution in [0.5, 0.6) is 5.75 Å². The highest BCUT2D eigenvalue weighted by Gasteiger charge is 2.55. The largest absolute Gasteiger partial charge is 0.497 e. The maximum atomic E-state index is 14.3. The molecule has 2 unspecified atom stereocenters. The second-order valence-electron chi connectivity index (χ2n) is 10.7. The van der Waals surface area contributed by atoms with Crippen molar-refractivity contribution < 1.29 is 19.1 Å². The molecule has 0 saturated carbocycles. The molecule has 3 aliphatic rings. The zero-order chi connectivity index (χ0) is 27.1. The summed E-state index contributed by atoms with van der Waals surface area (Å²) in [5.41, 5.74) is 0.671. The highest BCUT2D eigenvalue weighted by atomic mass is 16.5. The van der Waals surface area contributed by atoms with Crippen molar-refractivity contribution in [3.63, 3.8) is 0 Å². The number of anilines is 1. The molecule has 1 aromatic heterocycles. The number of ether oxygens (including phenoxy) is 1. The van der Waals surface area contributed by atoms with Gasteiger partial charge >= 0.3 is 6.03 Å². The maximum Gasteiger partial charge on any atom is 0.335 e. The minimum atomic E-state index is -1.53. The lowest BCUT2D eigenvalue weighted by molar-refractivity contribution is -0.144. The van der Waals surface area contributed by atoms with E-state index in [2.05, 4.69) is 10.2 Å². The number of imide groups is 2. The van der Waals surface area contributed by atoms with Gasteiger partial charge in [-0.05, 0) is 54.7 Å². The van der Waals surface area contributed by atoms with Crippen molar-refractivity contribution in [3.8, 4) is 5.75 Å². The van der Waals surface area contributed by atoms with Gasteiger partial charge in [-0.3, -0.25) is 19.7 Å². The summed E-state index contributed by atoms with van der Waals surface area (Å²) in [6.07, 6.45) is 1.08. The standard InChI is InChI=1S/C30H30N4O5/c1-39-24-12-10-20(11-13-24)15-30(27(36)31-29(38)34(28(30)37)23-6-3-2-4-7-23)19-32-16-21-14-22(18-32)25-8-5-9-26(35)33(25)17-21/h2-13,21-22H,14-19H2,1H3,(H,31,36,38)/t21?,22-,30?/m0/s1. The number of carbonyl (C=O) groups is 3. The van der Waals surface area contributed by atoms with Gasteiger partial charge in [-0.15, -0.1) is 0 Å². The number of methoxy groups -OCH3 is 1. The average Bonchev–Trinajstić information content (AvgIpc) is 2.93. The minimum Gasteiger partial charge on any atom is -0.497 e. The number of hydrogen-bond donors (Lipinski definition) is 1. The number of nitrogens with zero attached hydrogens (tertiary/aromatic N) is 3. The molecule has 0 spiro atoms. The third-order valence-electron chi connectivity index (χ3n) is 8.20. The van der Waals surface area contributed by atoms with Gasteiger partial charge in [-0.1, -0.05) is 36.4 Å². The fourth-order valence-corrected chi connectivity index (χ4v) is 6.44. The second kappa shape index (κ2) is 9.81. The number of nitrogens with one attached hydrogen (secondary N) is 1. The van der Waals surface area contributed by atoms with Crippen LogP contribution in [-0.4, -0.2) is 54.1 Å². The number of barbiturate groups is 1. The summed E-state index contributed by atoms with van der Waals surface area (Å²) in [6, 6.07) is 20.6. The number of rotatable bonds is 6. The van der Waals surface area contributed by atoms with Gasteiger partial charge in [-0.2, -0.15) is 0 Å². The number of piperidine rings is 1. The molecule has 9 heteroatoms. The lowest BCUT2D eigenvalue weighted by atomic mass is 9.75. The quantitative estimate of drug-likeness (QED) is 0.496. The van der Waals surface area contributed by atoms with Crippen LogP contribution in [0.1, 0.15) is 23.6 Å². The number of benzene rings is 2. The van der Waals surface area contributed by atoms with E-state index < -0.39 is 23.3 Å². The summed E-state index contributed by atoms with van der Waals surface area (Å²) in [4.78, 5) is 56.7. The first kappa shape index (κ1) is 25.1. The van der Waals surface area contributed by atoms with Crippen molar-refractivity contribution in [2.24, 2.45) is 11.3 Å². The second-order valence-corrected chi connectivity index (χ2v) is 10.7. The average molecular weight is 527 g/mol. The van der Waals surface area contributed by atoms with E-state index in [1.54, 1.807) is 61.7 Å². The van der Waals surface area contributed by atoms with Gasteiger partial charge in [0, 0.05) is 43.9 Å². The zero-order valence-electron chi connectivity index (χ0n) is 21.7. The number of fused-ring (bicyclic) bond motifs is 4. The molecule has 0 aliphatic carbocycles. The van der Waals surface area contributed by atoms with Crippen LogP contribution in [0.15, 0.2) is 77.6 Å². The first-order valence-electron chi connectivity index (χ1n) is 13.2. The summed E-state index contributed by atoms with van der Waals surface area (Å²) in [5.74, 6) is -0.106. The van der Waals surface area contributed by atoms with Crippen LogP contribution < -0.4 is 20.5 Å². The molecular weight excluding hydrogens is 496 g/mol. The van der Waals surface area contributed by atoms with Crippen molar-refractivity contribution in [3.05, 3.63) is 94.4 Å². The molecule has 200 valence electrons. The number of pyridine rings is 1. The van der Waals surface area contributed by atoms with E-state index in [-0.39, 0.29) is 30.4 Å². The van der Waals surface area contributed by atoms with Gasteiger partial charge in [0.05, 0.1) is 12.8 Å². The first-order chi connectivity index (χ1) is 18.9. The van der Waals surface area contributed by atoms with Gasteiger partial charge in [-0.25, -0.2) is 9.69 Å². The summed E-state index contributed by atoms with van der Waals surface area (Å²) < 4.78 is 7.14. The molecule has 4 heterocycles. The molecule has 1 N–H and O–H groups in total. The molecule has 3 atom stereocenters. The fourth-order valence-electron chi connectivity index (χ4n) is 6.44. The van der Waals surface area contributed by atoms with Crippen molar-refractivity contribution in [2.75, 3.05) is 31.6 Å². The number of urea groups is 1. The number of hydrogen-bond acceptors (Lipinski definition) is 6. The predicted molar refractivity (Wildman–Crippen MR) is 145 cm³/mol. The van der Waals surface area contributed by atoms with Crippen LogP contribution in [0.25, 0.3) is 0 Å². The third kappa shape index (κ3) is 4.42. The normalized spacial score (nSPS) is 24.7. The van der Waals surface area contributed by atoms with Crippen LogP contribution in [-0.2, 0) is 22.6 Å². The third-order valence-corrected chi connectivity index (χ3v) is 8.20. The van der Waals surface area contributed by atoms with E-state index in [4.69, 9.17) is 4.74 Å². The fraction of sp³-hybridized carbons (Fsp3) is 0.333. The molecule has 3 aliphatic heterocycles. The van der Waals surface area contributed by atoms with Crippen LogP contribution >= 0.6 is 0 Å². The topological polar surface area (TPSA) is 101 Å². The summed E-state index contributed by atoms with van der Waals surface area (Å²) in [6.45, 7) is 2.04. The van der Waals surface area contributed by atoms with Gasteiger partial charge < -0.3 is 14.2 Å². The number of para-hydroxylation sites is 1. The van der Waals surface area contributed by atoms with Gasteiger partial charge in [0.25, 0.3) is 11.5 Å². The Morgan fingerprint density at radius 3 is 2.41 bits per heavy atom. The highest BCUT2D eigenvalue weighted by molar-refractivity contribution is 6.30. The molecule has 39 heavy (non-hydrogen) atoms. The van der Waals surface area contributed by atoms with Crippen molar-refractivity contribution in [1.29, 1.82) is 0 Å². The lowest BCUT2D eigenvalue weighted by Gasteiger charge is -2.47. The maximum absolute atomic E-state index is 14.3. The Morgan fingerprint density at radius 2 is 1.67 bits per heavy atom. The van der Waals surface area contributed by atoms with E-state index in [0.29, 0.717) is 31.1 Å². The molecular formula is C30H30N4O5. The summed E-state index contributed by atoms with van der Waals surface area (Å²) in [7, 11) is 1.58. The zero-order valence-corrected chi connectivity index (χ0v) is 21.7.